The van der Waals surface area contributed by atoms with Crippen molar-refractivity contribution in [3.8, 4) is 0 Å². The Balaban J connectivity index is 2.73. The minimum absolute atomic E-state index is 0.0747. The third kappa shape index (κ3) is 2.15. The first-order valence-corrected chi connectivity index (χ1v) is 4.44. The predicted octanol–water partition coefficient (Wildman–Crippen LogP) is 0.730. The number of rotatable bonds is 4. The zero-order chi connectivity index (χ0) is 9.84. The summed E-state index contributed by atoms with van der Waals surface area (Å²) in [5.74, 6) is 0.371. The van der Waals surface area contributed by atoms with Gasteiger partial charge in [-0.1, -0.05) is 13.3 Å². The first kappa shape index (κ1) is 9.92. The number of hydrogen-bond acceptors (Lipinski definition) is 3. The van der Waals surface area contributed by atoms with E-state index in [1.165, 1.54) is 0 Å². The van der Waals surface area contributed by atoms with Gasteiger partial charge in [0, 0.05) is 19.4 Å². The normalized spacial score (nSPS) is 12.8. The van der Waals surface area contributed by atoms with Gasteiger partial charge in [0.05, 0.1) is 6.04 Å². The van der Waals surface area contributed by atoms with Gasteiger partial charge in [0.2, 0.25) is 5.78 Å². The summed E-state index contributed by atoms with van der Waals surface area (Å²) in [4.78, 5) is 15.6. The summed E-state index contributed by atoms with van der Waals surface area (Å²) in [6.45, 7) is 2.01. The number of aromatic nitrogens is 2. The molecule has 0 bridgehead atoms. The molecule has 1 aromatic rings. The molecule has 72 valence electrons. The number of nitrogens with two attached hydrogens (primary N) is 1. The highest BCUT2D eigenvalue weighted by Gasteiger charge is 2.18. The van der Waals surface area contributed by atoms with Crippen LogP contribution in [0.1, 0.15) is 30.4 Å². The maximum atomic E-state index is 11.6. The summed E-state index contributed by atoms with van der Waals surface area (Å²) in [5.41, 5.74) is 5.68. The van der Waals surface area contributed by atoms with Crippen molar-refractivity contribution in [2.75, 3.05) is 0 Å². The van der Waals surface area contributed by atoms with Crippen molar-refractivity contribution in [3.05, 3.63) is 18.2 Å². The summed E-state index contributed by atoms with van der Waals surface area (Å²) in [5, 5.41) is 0. The topological polar surface area (TPSA) is 60.9 Å². The van der Waals surface area contributed by atoms with Crippen molar-refractivity contribution in [1.82, 2.24) is 9.55 Å². The summed E-state index contributed by atoms with van der Waals surface area (Å²) in [6.07, 6.45) is 4.97. The van der Waals surface area contributed by atoms with E-state index < -0.39 is 6.04 Å². The van der Waals surface area contributed by atoms with Crippen LogP contribution >= 0.6 is 0 Å². The monoisotopic (exact) mass is 181 g/mol. The predicted molar refractivity (Wildman–Crippen MR) is 50.4 cm³/mol. The molecule has 0 spiro atoms. The lowest BCUT2D eigenvalue weighted by molar-refractivity contribution is 0.0943. The molecule has 1 rings (SSSR count). The number of nitrogens with zero attached hydrogens (tertiary/aromatic N) is 2. The van der Waals surface area contributed by atoms with Crippen LogP contribution in [0.5, 0.6) is 0 Å². The number of imidazole rings is 1. The largest absolute Gasteiger partial charge is 0.332 e. The lowest BCUT2D eigenvalue weighted by Crippen LogP contribution is -2.32. The van der Waals surface area contributed by atoms with E-state index in [0.29, 0.717) is 12.2 Å². The van der Waals surface area contributed by atoms with Crippen LogP contribution < -0.4 is 5.73 Å². The molecule has 0 aliphatic carbocycles. The number of carbonyl (C=O) groups is 1. The van der Waals surface area contributed by atoms with E-state index in [0.717, 1.165) is 6.42 Å². The third-order valence-corrected chi connectivity index (χ3v) is 1.98. The van der Waals surface area contributed by atoms with E-state index in [1.54, 1.807) is 24.0 Å². The summed E-state index contributed by atoms with van der Waals surface area (Å²) >= 11 is 0. The number of aryl methyl sites for hydroxylation is 1. The van der Waals surface area contributed by atoms with Gasteiger partial charge in [0.1, 0.15) is 0 Å². The van der Waals surface area contributed by atoms with Crippen LogP contribution in [0.3, 0.4) is 0 Å². The van der Waals surface area contributed by atoms with Gasteiger partial charge in [-0.2, -0.15) is 0 Å². The molecule has 4 heteroatoms. The second-order valence-corrected chi connectivity index (χ2v) is 3.12. The van der Waals surface area contributed by atoms with E-state index in [4.69, 9.17) is 5.73 Å². The quantitative estimate of drug-likeness (QED) is 0.696. The van der Waals surface area contributed by atoms with Gasteiger partial charge in [-0.05, 0) is 6.42 Å². The van der Waals surface area contributed by atoms with Crippen LogP contribution in [0, 0.1) is 0 Å². The van der Waals surface area contributed by atoms with Gasteiger partial charge in [-0.15, -0.1) is 0 Å². The lowest BCUT2D eigenvalue weighted by Gasteiger charge is -2.07. The molecule has 0 saturated heterocycles. The van der Waals surface area contributed by atoms with E-state index in [-0.39, 0.29) is 5.78 Å². The van der Waals surface area contributed by atoms with Crippen molar-refractivity contribution in [2.45, 2.75) is 25.8 Å². The van der Waals surface area contributed by atoms with Crippen molar-refractivity contribution >= 4 is 5.78 Å². The Labute approximate surface area is 77.8 Å². The van der Waals surface area contributed by atoms with Gasteiger partial charge in [-0.3, -0.25) is 4.79 Å². The average molecular weight is 181 g/mol. The van der Waals surface area contributed by atoms with Crippen LogP contribution in [0.25, 0.3) is 0 Å². The van der Waals surface area contributed by atoms with Crippen LogP contribution in [-0.4, -0.2) is 21.4 Å². The van der Waals surface area contributed by atoms with E-state index in [2.05, 4.69) is 4.98 Å². The molecule has 0 saturated carbocycles. The smallest absolute Gasteiger partial charge is 0.214 e. The number of carbonyl (C=O) groups excluding carboxylic acids is 1. The van der Waals surface area contributed by atoms with E-state index in [1.807, 2.05) is 6.92 Å². The molecular formula is C9H15N3O. The molecule has 1 atom stereocenters. The molecule has 0 radical (unpaired) electrons. The van der Waals surface area contributed by atoms with Crippen molar-refractivity contribution in [2.24, 2.45) is 12.8 Å². The molecule has 1 aromatic heterocycles. The summed E-state index contributed by atoms with van der Waals surface area (Å²) in [6, 6.07) is -0.411. The second-order valence-electron chi connectivity index (χ2n) is 3.12. The van der Waals surface area contributed by atoms with Crippen molar-refractivity contribution in [1.29, 1.82) is 0 Å². The summed E-state index contributed by atoms with van der Waals surface area (Å²) < 4.78 is 1.69. The Morgan fingerprint density at radius 2 is 2.46 bits per heavy atom. The Kier molecular flexibility index (Phi) is 3.19. The Bertz CT molecular complexity index is 293. The highest BCUT2D eigenvalue weighted by molar-refractivity contribution is 5.96. The van der Waals surface area contributed by atoms with Crippen LogP contribution in [0.2, 0.25) is 0 Å². The molecule has 2 N–H and O–H groups in total. The highest BCUT2D eigenvalue weighted by atomic mass is 16.1. The zero-order valence-corrected chi connectivity index (χ0v) is 8.03. The minimum atomic E-state index is -0.411. The Morgan fingerprint density at radius 3 is 2.92 bits per heavy atom. The Morgan fingerprint density at radius 1 is 1.77 bits per heavy atom. The SMILES string of the molecule is CCCC(N)C(=O)c1nccn1C. The number of Topliss-reactive ketones (excluding diaryl/α,β-unsaturated/α-hetero) is 1. The molecule has 4 nitrogen and oxygen atoms in total. The average Bonchev–Trinajstić information content (AvgIpc) is 2.50. The molecule has 1 heterocycles. The number of ketones is 1. The molecule has 0 aliphatic rings. The van der Waals surface area contributed by atoms with Gasteiger partial charge >= 0.3 is 0 Å². The summed E-state index contributed by atoms with van der Waals surface area (Å²) in [7, 11) is 1.79. The molecule has 0 aliphatic heterocycles. The molecule has 1 unspecified atom stereocenters. The standard InChI is InChI=1S/C9H15N3O/c1-3-4-7(10)8(13)9-11-5-6-12(9)2/h5-7H,3-4,10H2,1-2H3. The molecular weight excluding hydrogens is 166 g/mol. The first-order chi connectivity index (χ1) is 6.16. The van der Waals surface area contributed by atoms with Crippen LogP contribution in [0.15, 0.2) is 12.4 Å². The van der Waals surface area contributed by atoms with Gasteiger partial charge < -0.3 is 10.3 Å². The van der Waals surface area contributed by atoms with Crippen LogP contribution in [-0.2, 0) is 7.05 Å². The highest BCUT2D eigenvalue weighted by Crippen LogP contribution is 2.03. The second kappa shape index (κ2) is 4.18. The molecule has 13 heavy (non-hydrogen) atoms. The van der Waals surface area contributed by atoms with Crippen LogP contribution in [0.4, 0.5) is 0 Å². The van der Waals surface area contributed by atoms with Crippen molar-refractivity contribution < 1.29 is 4.79 Å². The van der Waals surface area contributed by atoms with E-state index in [9.17, 15) is 4.79 Å². The Hall–Kier alpha value is -1.16. The van der Waals surface area contributed by atoms with Gasteiger partial charge in [0.15, 0.2) is 5.82 Å². The fourth-order valence-electron chi connectivity index (χ4n) is 1.21. The fourth-order valence-corrected chi connectivity index (χ4v) is 1.21. The van der Waals surface area contributed by atoms with Crippen molar-refractivity contribution in [3.63, 3.8) is 0 Å². The minimum Gasteiger partial charge on any atom is -0.332 e. The third-order valence-electron chi connectivity index (χ3n) is 1.98. The molecule has 0 aromatic carbocycles. The van der Waals surface area contributed by atoms with Gasteiger partial charge in [-0.25, -0.2) is 4.98 Å². The molecule has 0 fully saturated rings. The van der Waals surface area contributed by atoms with E-state index >= 15 is 0 Å². The fraction of sp³-hybridized carbons (Fsp3) is 0.556. The maximum absolute atomic E-state index is 11.6. The zero-order valence-electron chi connectivity index (χ0n) is 8.03. The molecule has 0 amide bonds. The number of hydrogen-bond donors (Lipinski definition) is 1. The first-order valence-electron chi connectivity index (χ1n) is 4.44. The lowest BCUT2D eigenvalue weighted by atomic mass is 10.1. The van der Waals surface area contributed by atoms with Gasteiger partial charge in [0.25, 0.3) is 0 Å². The maximum Gasteiger partial charge on any atom is 0.214 e.